The molecule has 2 aromatic rings. The number of hydrogen-bond acceptors (Lipinski definition) is 7. The molecule has 0 aliphatic carbocycles. The normalized spacial score (nSPS) is 23.9. The van der Waals surface area contributed by atoms with E-state index in [1.165, 1.54) is 6.07 Å². The molecule has 0 saturated carbocycles. The molecule has 2 bridgehead atoms. The number of ether oxygens (including phenoxy) is 1. The molecule has 1 aromatic carbocycles. The minimum absolute atomic E-state index is 0.213. The quantitative estimate of drug-likeness (QED) is 0.804. The maximum absolute atomic E-state index is 13.6. The van der Waals surface area contributed by atoms with Crippen molar-refractivity contribution >= 4 is 17.5 Å². The van der Waals surface area contributed by atoms with Crippen LogP contribution in [0, 0.1) is 17.1 Å². The molecule has 0 N–H and O–H groups in total. The van der Waals surface area contributed by atoms with Gasteiger partial charge in [-0.05, 0) is 24.6 Å². The van der Waals surface area contributed by atoms with E-state index in [1.807, 2.05) is 6.07 Å². The molecule has 0 unspecified atom stereocenters. The number of anilines is 3. The summed E-state index contributed by atoms with van der Waals surface area (Å²) in [6, 6.07) is 9.55. The second-order valence-corrected chi connectivity index (χ2v) is 7.45. The summed E-state index contributed by atoms with van der Waals surface area (Å²) in [5.74, 6) is 1.15. The fraction of sp³-hybridized carbons (Fsp3) is 0.450. The first-order chi connectivity index (χ1) is 13.7. The lowest BCUT2D eigenvalue weighted by molar-refractivity contribution is 0.122. The van der Waals surface area contributed by atoms with Crippen LogP contribution in [0.3, 0.4) is 0 Å². The van der Waals surface area contributed by atoms with Gasteiger partial charge in [-0.15, -0.1) is 0 Å². The Bertz CT molecular complexity index is 925. The van der Waals surface area contributed by atoms with E-state index in [1.54, 1.807) is 18.3 Å². The number of morpholine rings is 1. The van der Waals surface area contributed by atoms with E-state index in [2.05, 4.69) is 25.8 Å². The number of nitriles is 1. The third-order valence-electron chi connectivity index (χ3n) is 5.82. The van der Waals surface area contributed by atoms with Crippen molar-refractivity contribution in [3.05, 3.63) is 41.8 Å². The predicted octanol–water partition coefficient (Wildman–Crippen LogP) is 1.79. The molecule has 5 rings (SSSR count). The van der Waals surface area contributed by atoms with E-state index < -0.39 is 0 Å². The molecular formula is C20H21FN6O. The number of rotatable bonds is 3. The minimum atomic E-state index is -0.213. The maximum Gasteiger partial charge on any atom is 0.227 e. The molecule has 0 radical (unpaired) electrons. The molecule has 2 atom stereocenters. The molecule has 28 heavy (non-hydrogen) atoms. The van der Waals surface area contributed by atoms with Crippen molar-refractivity contribution < 1.29 is 9.13 Å². The number of benzene rings is 1. The predicted molar refractivity (Wildman–Crippen MR) is 103 cm³/mol. The van der Waals surface area contributed by atoms with Crippen LogP contribution >= 0.6 is 0 Å². The van der Waals surface area contributed by atoms with Crippen LogP contribution < -0.4 is 14.7 Å². The van der Waals surface area contributed by atoms with Gasteiger partial charge in [0, 0.05) is 37.9 Å². The number of halogens is 1. The summed E-state index contributed by atoms with van der Waals surface area (Å²) in [7, 11) is 0. The van der Waals surface area contributed by atoms with Gasteiger partial charge in [0.2, 0.25) is 5.95 Å². The first-order valence-electron chi connectivity index (χ1n) is 9.61. The topological polar surface area (TPSA) is 68.5 Å². The number of nitrogens with zero attached hydrogens (tertiary/aromatic N) is 6. The van der Waals surface area contributed by atoms with Gasteiger partial charge >= 0.3 is 0 Å². The Balaban J connectivity index is 1.40. The summed E-state index contributed by atoms with van der Waals surface area (Å²) in [4.78, 5) is 15.8. The van der Waals surface area contributed by atoms with Crippen molar-refractivity contribution in [1.29, 1.82) is 5.26 Å². The van der Waals surface area contributed by atoms with Crippen molar-refractivity contribution in [2.24, 2.45) is 0 Å². The number of piperazine rings is 1. The summed E-state index contributed by atoms with van der Waals surface area (Å²) in [6.07, 6.45) is 2.61. The summed E-state index contributed by atoms with van der Waals surface area (Å²) in [5, 5.41) is 9.57. The van der Waals surface area contributed by atoms with E-state index in [9.17, 15) is 9.65 Å². The van der Waals surface area contributed by atoms with Gasteiger partial charge in [-0.25, -0.2) is 9.37 Å². The van der Waals surface area contributed by atoms with Crippen LogP contribution in [0.25, 0.3) is 0 Å². The Labute approximate surface area is 163 Å². The Kier molecular flexibility index (Phi) is 4.24. The van der Waals surface area contributed by atoms with E-state index in [4.69, 9.17) is 9.72 Å². The summed E-state index contributed by atoms with van der Waals surface area (Å²) in [6.45, 7) is 4.41. The van der Waals surface area contributed by atoms with Gasteiger partial charge in [0.1, 0.15) is 17.4 Å². The molecule has 7 nitrogen and oxygen atoms in total. The van der Waals surface area contributed by atoms with Gasteiger partial charge < -0.3 is 19.4 Å². The number of fused-ring (bicyclic) bond motifs is 2. The smallest absolute Gasteiger partial charge is 0.227 e. The van der Waals surface area contributed by atoms with Crippen LogP contribution in [0.1, 0.15) is 12.0 Å². The fourth-order valence-electron chi connectivity index (χ4n) is 4.47. The van der Waals surface area contributed by atoms with Gasteiger partial charge in [0.05, 0.1) is 25.5 Å². The van der Waals surface area contributed by atoms with Crippen molar-refractivity contribution in [3.63, 3.8) is 0 Å². The third kappa shape index (κ3) is 2.92. The lowest BCUT2D eigenvalue weighted by Crippen LogP contribution is -2.47. The largest absolute Gasteiger partial charge is 0.378 e. The standard InChI is InChI=1S/C20H21FN6O/c21-15-2-1-3-16(8-15)26-12-18-9-17(26)13-27(18)19-14(10-22)11-23-20(24-19)25-4-6-28-7-5-25/h1-3,8,11,17-18H,4-7,9,12-13H2/t17-,18+/m1/s1. The van der Waals surface area contributed by atoms with Crippen LogP contribution in [-0.2, 0) is 4.74 Å². The van der Waals surface area contributed by atoms with Gasteiger partial charge in [-0.1, -0.05) is 6.07 Å². The van der Waals surface area contributed by atoms with Crippen LogP contribution in [0.2, 0.25) is 0 Å². The highest BCUT2D eigenvalue weighted by molar-refractivity contribution is 5.61. The van der Waals surface area contributed by atoms with Gasteiger partial charge in [0.25, 0.3) is 0 Å². The number of aromatic nitrogens is 2. The molecule has 1 aromatic heterocycles. The van der Waals surface area contributed by atoms with Gasteiger partial charge in [-0.2, -0.15) is 10.2 Å². The third-order valence-corrected chi connectivity index (χ3v) is 5.82. The van der Waals surface area contributed by atoms with E-state index in [0.717, 1.165) is 38.3 Å². The molecule has 0 spiro atoms. The summed E-state index contributed by atoms with van der Waals surface area (Å²) in [5.41, 5.74) is 1.42. The number of hydrogen-bond donors (Lipinski definition) is 0. The highest BCUT2D eigenvalue weighted by Crippen LogP contribution is 2.38. The lowest BCUT2D eigenvalue weighted by Gasteiger charge is -2.37. The van der Waals surface area contributed by atoms with Crippen LogP contribution in [0.4, 0.5) is 21.8 Å². The van der Waals surface area contributed by atoms with Crippen molar-refractivity contribution in [2.75, 3.05) is 54.1 Å². The Morgan fingerprint density at radius 1 is 1.14 bits per heavy atom. The average molecular weight is 380 g/mol. The highest BCUT2D eigenvalue weighted by Gasteiger charge is 2.44. The van der Waals surface area contributed by atoms with E-state index in [0.29, 0.717) is 36.6 Å². The molecule has 144 valence electrons. The second kappa shape index (κ2) is 6.91. The average Bonchev–Trinajstić information content (AvgIpc) is 3.35. The Hall–Kier alpha value is -2.92. The molecule has 3 saturated heterocycles. The van der Waals surface area contributed by atoms with Crippen LogP contribution in [0.15, 0.2) is 30.5 Å². The minimum Gasteiger partial charge on any atom is -0.378 e. The van der Waals surface area contributed by atoms with Gasteiger partial charge in [-0.3, -0.25) is 0 Å². The van der Waals surface area contributed by atoms with Crippen LogP contribution in [-0.4, -0.2) is 61.4 Å². The highest BCUT2D eigenvalue weighted by atomic mass is 19.1. The van der Waals surface area contributed by atoms with E-state index in [-0.39, 0.29) is 11.9 Å². The van der Waals surface area contributed by atoms with Crippen molar-refractivity contribution in [3.8, 4) is 6.07 Å². The maximum atomic E-state index is 13.6. The zero-order chi connectivity index (χ0) is 19.1. The molecule has 8 heteroatoms. The summed E-state index contributed by atoms with van der Waals surface area (Å²) < 4.78 is 19.0. The first-order valence-corrected chi connectivity index (χ1v) is 9.61. The zero-order valence-electron chi connectivity index (χ0n) is 15.5. The Morgan fingerprint density at radius 2 is 1.93 bits per heavy atom. The SMILES string of the molecule is N#Cc1cnc(N2CCOCC2)nc1N1C[C@H]2C[C@H]1CN2c1cccc(F)c1. The van der Waals surface area contributed by atoms with Crippen LogP contribution in [0.5, 0.6) is 0 Å². The molecule has 0 amide bonds. The fourth-order valence-corrected chi connectivity index (χ4v) is 4.47. The lowest BCUT2D eigenvalue weighted by atomic mass is 10.2. The molecule has 3 aliphatic heterocycles. The molecule has 3 fully saturated rings. The summed E-state index contributed by atoms with van der Waals surface area (Å²) >= 11 is 0. The molecule has 4 heterocycles. The first kappa shape index (κ1) is 17.2. The zero-order valence-corrected chi connectivity index (χ0v) is 15.5. The van der Waals surface area contributed by atoms with Crippen molar-refractivity contribution in [2.45, 2.75) is 18.5 Å². The Morgan fingerprint density at radius 3 is 2.64 bits per heavy atom. The molecule has 3 aliphatic rings. The molecular weight excluding hydrogens is 359 g/mol. The van der Waals surface area contributed by atoms with Gasteiger partial charge in [0.15, 0.2) is 5.82 Å². The van der Waals surface area contributed by atoms with E-state index >= 15 is 0 Å². The van der Waals surface area contributed by atoms with Crippen molar-refractivity contribution in [1.82, 2.24) is 9.97 Å². The monoisotopic (exact) mass is 380 g/mol. The second-order valence-electron chi connectivity index (χ2n) is 7.45.